The molecule has 0 bridgehead atoms. The van der Waals surface area contributed by atoms with Gasteiger partial charge in [-0.05, 0) is 66.2 Å². The highest BCUT2D eigenvalue weighted by Crippen LogP contribution is 2.22. The Hall–Kier alpha value is -2.63. The molecule has 6 heteroatoms. The van der Waals surface area contributed by atoms with Crippen molar-refractivity contribution in [3.05, 3.63) is 94.8 Å². The summed E-state index contributed by atoms with van der Waals surface area (Å²) in [6, 6.07) is 20.0. The minimum Gasteiger partial charge on any atom is -0.326 e. The summed E-state index contributed by atoms with van der Waals surface area (Å²) in [7, 11) is 0. The first-order chi connectivity index (χ1) is 13.5. The number of carbonyl (C=O) groups excluding carboxylic acids is 2. The Morgan fingerprint density at radius 3 is 2.18 bits per heavy atom. The van der Waals surface area contributed by atoms with E-state index in [0.717, 1.165) is 10.5 Å². The van der Waals surface area contributed by atoms with Crippen molar-refractivity contribution in [3.63, 3.8) is 0 Å². The lowest BCUT2D eigenvalue weighted by Crippen LogP contribution is -2.14. The smallest absolute Gasteiger partial charge is 0.228 e. The molecule has 0 saturated carbocycles. The normalized spacial score (nSPS) is 10.5. The molecule has 0 aliphatic heterocycles. The maximum atomic E-state index is 12.9. The predicted molar refractivity (Wildman–Crippen MR) is 112 cm³/mol. The maximum absolute atomic E-state index is 12.9. The van der Waals surface area contributed by atoms with Crippen LogP contribution >= 0.6 is 23.4 Å². The second-order valence-electron chi connectivity index (χ2n) is 6.09. The summed E-state index contributed by atoms with van der Waals surface area (Å²) in [5.74, 6) is -0.286. The molecule has 3 nitrogen and oxygen atoms in total. The summed E-state index contributed by atoms with van der Waals surface area (Å²) >= 11 is 7.23. The number of halogens is 2. The zero-order valence-corrected chi connectivity index (χ0v) is 16.4. The van der Waals surface area contributed by atoms with Crippen LogP contribution in [0.1, 0.15) is 15.9 Å². The molecule has 3 aromatic carbocycles. The van der Waals surface area contributed by atoms with Crippen molar-refractivity contribution in [1.29, 1.82) is 0 Å². The van der Waals surface area contributed by atoms with Gasteiger partial charge in [-0.15, -0.1) is 11.8 Å². The molecule has 0 aromatic heterocycles. The molecular weight excluding hydrogens is 397 g/mol. The van der Waals surface area contributed by atoms with Crippen LogP contribution in [-0.4, -0.2) is 17.4 Å². The molecular formula is C22H17ClFNO2S. The molecule has 3 rings (SSSR count). The minimum atomic E-state index is -0.363. The standard InChI is InChI=1S/C22H17ClFNO2S/c23-17-5-1-15(2-6-17)13-22(27)25-19-9-11-20(12-10-19)28-14-21(26)16-3-7-18(24)8-4-16/h1-12H,13-14H2,(H,25,27). The number of ketones is 1. The number of carbonyl (C=O) groups is 2. The molecule has 0 aliphatic carbocycles. The van der Waals surface area contributed by atoms with Crippen LogP contribution in [0.2, 0.25) is 5.02 Å². The van der Waals surface area contributed by atoms with E-state index in [9.17, 15) is 14.0 Å². The first-order valence-corrected chi connectivity index (χ1v) is 9.92. The van der Waals surface area contributed by atoms with Gasteiger partial charge >= 0.3 is 0 Å². The lowest BCUT2D eigenvalue weighted by Gasteiger charge is -2.07. The fourth-order valence-corrected chi connectivity index (χ4v) is 3.41. The molecule has 0 saturated heterocycles. The van der Waals surface area contributed by atoms with E-state index >= 15 is 0 Å². The van der Waals surface area contributed by atoms with Crippen molar-refractivity contribution < 1.29 is 14.0 Å². The summed E-state index contributed by atoms with van der Waals surface area (Å²) < 4.78 is 12.9. The molecule has 0 spiro atoms. The van der Waals surface area contributed by atoms with E-state index in [1.165, 1.54) is 36.0 Å². The largest absolute Gasteiger partial charge is 0.326 e. The van der Waals surface area contributed by atoms with Crippen LogP contribution in [0.3, 0.4) is 0 Å². The van der Waals surface area contributed by atoms with E-state index < -0.39 is 0 Å². The number of amides is 1. The van der Waals surface area contributed by atoms with Crippen LogP contribution in [0, 0.1) is 5.82 Å². The first-order valence-electron chi connectivity index (χ1n) is 8.55. The van der Waals surface area contributed by atoms with Crippen molar-refractivity contribution in [2.75, 3.05) is 11.1 Å². The number of hydrogen-bond acceptors (Lipinski definition) is 3. The average molecular weight is 414 g/mol. The van der Waals surface area contributed by atoms with Gasteiger partial charge in [0.2, 0.25) is 5.91 Å². The zero-order chi connectivity index (χ0) is 19.9. The number of benzene rings is 3. The van der Waals surface area contributed by atoms with E-state index in [2.05, 4.69) is 5.32 Å². The van der Waals surface area contributed by atoms with Gasteiger partial charge in [0.05, 0.1) is 12.2 Å². The molecule has 0 aliphatic rings. The SMILES string of the molecule is O=C(Cc1ccc(Cl)cc1)Nc1ccc(SCC(=O)c2ccc(F)cc2)cc1. The third-order valence-electron chi connectivity index (χ3n) is 3.95. The second-order valence-corrected chi connectivity index (χ2v) is 7.58. The summed E-state index contributed by atoms with van der Waals surface area (Å²) in [5, 5.41) is 3.48. The molecule has 3 aromatic rings. The quantitative estimate of drug-likeness (QED) is 0.403. The van der Waals surface area contributed by atoms with Crippen LogP contribution < -0.4 is 5.32 Å². The first kappa shape index (κ1) is 20.1. The molecule has 1 N–H and O–H groups in total. The number of hydrogen-bond donors (Lipinski definition) is 1. The van der Waals surface area contributed by atoms with E-state index in [1.54, 1.807) is 24.3 Å². The number of thioether (sulfide) groups is 1. The summed E-state index contributed by atoms with van der Waals surface area (Å²) in [4.78, 5) is 25.2. The van der Waals surface area contributed by atoms with Crippen molar-refractivity contribution in [1.82, 2.24) is 0 Å². The highest BCUT2D eigenvalue weighted by atomic mass is 35.5. The molecule has 1 amide bonds. The average Bonchev–Trinajstić information content (AvgIpc) is 2.69. The summed E-state index contributed by atoms with van der Waals surface area (Å²) in [5.41, 5.74) is 2.06. The van der Waals surface area contributed by atoms with Crippen molar-refractivity contribution >= 4 is 40.7 Å². The molecule has 28 heavy (non-hydrogen) atoms. The lowest BCUT2D eigenvalue weighted by molar-refractivity contribution is -0.115. The molecule has 0 unspecified atom stereocenters. The Morgan fingerprint density at radius 2 is 1.54 bits per heavy atom. The van der Waals surface area contributed by atoms with Gasteiger partial charge in [0.15, 0.2) is 5.78 Å². The van der Waals surface area contributed by atoms with E-state index in [4.69, 9.17) is 11.6 Å². The van der Waals surface area contributed by atoms with Crippen LogP contribution in [-0.2, 0) is 11.2 Å². The molecule has 0 radical (unpaired) electrons. The van der Waals surface area contributed by atoms with Crippen LogP contribution in [0.4, 0.5) is 10.1 Å². The van der Waals surface area contributed by atoms with E-state index in [-0.39, 0.29) is 29.7 Å². The van der Waals surface area contributed by atoms with Gasteiger partial charge in [-0.3, -0.25) is 9.59 Å². The number of Topliss-reactive ketones (excluding diaryl/α,β-unsaturated/α-hetero) is 1. The third kappa shape index (κ3) is 5.94. The van der Waals surface area contributed by atoms with Crippen LogP contribution in [0.5, 0.6) is 0 Å². The fraction of sp³-hybridized carbons (Fsp3) is 0.0909. The molecule has 0 fully saturated rings. The summed E-state index contributed by atoms with van der Waals surface area (Å²) in [6.07, 6.45) is 0.264. The number of anilines is 1. The van der Waals surface area contributed by atoms with Gasteiger partial charge in [0, 0.05) is 21.2 Å². The Bertz CT molecular complexity index is 957. The van der Waals surface area contributed by atoms with Crippen LogP contribution in [0.25, 0.3) is 0 Å². The maximum Gasteiger partial charge on any atom is 0.228 e. The van der Waals surface area contributed by atoms with E-state index in [0.29, 0.717) is 16.3 Å². The van der Waals surface area contributed by atoms with Gasteiger partial charge in [-0.2, -0.15) is 0 Å². The second kappa shape index (κ2) is 9.53. The number of nitrogens with one attached hydrogen (secondary N) is 1. The van der Waals surface area contributed by atoms with Gasteiger partial charge in [0.1, 0.15) is 5.82 Å². The zero-order valence-electron chi connectivity index (χ0n) is 14.8. The predicted octanol–water partition coefficient (Wildman–Crippen LogP) is 5.64. The molecule has 0 atom stereocenters. The Morgan fingerprint density at radius 1 is 0.893 bits per heavy atom. The monoisotopic (exact) mass is 413 g/mol. The highest BCUT2D eigenvalue weighted by molar-refractivity contribution is 8.00. The van der Waals surface area contributed by atoms with Crippen molar-refractivity contribution in [2.24, 2.45) is 0 Å². The fourth-order valence-electron chi connectivity index (χ4n) is 2.50. The van der Waals surface area contributed by atoms with Gasteiger partial charge < -0.3 is 5.32 Å². The van der Waals surface area contributed by atoms with E-state index in [1.807, 2.05) is 24.3 Å². The molecule has 142 valence electrons. The van der Waals surface area contributed by atoms with Gasteiger partial charge in [-0.25, -0.2) is 4.39 Å². The Balaban J connectivity index is 1.50. The third-order valence-corrected chi connectivity index (χ3v) is 5.22. The highest BCUT2D eigenvalue weighted by Gasteiger charge is 2.08. The van der Waals surface area contributed by atoms with Gasteiger partial charge in [-0.1, -0.05) is 23.7 Å². The lowest BCUT2D eigenvalue weighted by atomic mass is 10.1. The van der Waals surface area contributed by atoms with Crippen molar-refractivity contribution in [2.45, 2.75) is 11.3 Å². The van der Waals surface area contributed by atoms with Crippen molar-refractivity contribution in [3.8, 4) is 0 Å². The minimum absolute atomic E-state index is 0.0645. The number of rotatable bonds is 7. The molecule has 0 heterocycles. The Kier molecular flexibility index (Phi) is 6.85. The van der Waals surface area contributed by atoms with Gasteiger partial charge in [0.25, 0.3) is 0 Å². The topological polar surface area (TPSA) is 46.2 Å². The van der Waals surface area contributed by atoms with Crippen LogP contribution in [0.15, 0.2) is 77.7 Å². The Labute approximate surface area is 171 Å². The summed E-state index contributed by atoms with van der Waals surface area (Å²) in [6.45, 7) is 0.